The quantitative estimate of drug-likeness (QED) is 0.574. The molecule has 1 saturated carbocycles. The highest BCUT2D eigenvalue weighted by atomic mass is 35.5. The van der Waals surface area contributed by atoms with Crippen LogP contribution in [0, 0.1) is 0 Å². The molecule has 9 nitrogen and oxygen atoms in total. The Morgan fingerprint density at radius 3 is 2.76 bits per heavy atom. The Labute approximate surface area is 198 Å². The van der Waals surface area contributed by atoms with Crippen molar-refractivity contribution < 1.29 is 23.8 Å². The number of anilines is 1. The zero-order chi connectivity index (χ0) is 23.4. The number of aromatic nitrogens is 1. The van der Waals surface area contributed by atoms with Crippen LogP contribution in [0.15, 0.2) is 6.07 Å². The van der Waals surface area contributed by atoms with Crippen LogP contribution in [0.25, 0.3) is 0 Å². The Morgan fingerprint density at radius 1 is 1.27 bits per heavy atom. The molecule has 3 fully saturated rings. The maximum absolute atomic E-state index is 13.8. The SMILES string of the molecule is CC(C)(C)OC(=O)N1CCN2C(=O)c3c(cc(Cl)nc3N3CCOC4(CCC4)C3)OC[C@H]2C1. The van der Waals surface area contributed by atoms with Gasteiger partial charge < -0.3 is 28.9 Å². The molecule has 1 aliphatic carbocycles. The molecule has 0 radical (unpaired) electrons. The van der Waals surface area contributed by atoms with Crippen molar-refractivity contribution in [1.82, 2.24) is 14.8 Å². The predicted molar refractivity (Wildman–Crippen MR) is 122 cm³/mol. The molecular weight excluding hydrogens is 448 g/mol. The van der Waals surface area contributed by atoms with Crippen molar-refractivity contribution >= 4 is 29.4 Å². The van der Waals surface area contributed by atoms with Crippen molar-refractivity contribution in [1.29, 1.82) is 0 Å². The van der Waals surface area contributed by atoms with Crippen LogP contribution in [0.1, 0.15) is 50.4 Å². The number of hydrogen-bond acceptors (Lipinski definition) is 7. The molecule has 0 aromatic carbocycles. The van der Waals surface area contributed by atoms with E-state index in [1.165, 1.54) is 0 Å². The van der Waals surface area contributed by atoms with Crippen LogP contribution in [-0.4, -0.2) is 90.0 Å². The number of amides is 2. The minimum Gasteiger partial charge on any atom is -0.490 e. The number of nitrogens with zero attached hydrogens (tertiary/aromatic N) is 4. The average Bonchev–Trinajstić information content (AvgIpc) is 2.87. The van der Waals surface area contributed by atoms with Gasteiger partial charge in [-0.15, -0.1) is 0 Å². The molecular formula is C23H31ClN4O5. The van der Waals surface area contributed by atoms with Crippen LogP contribution >= 0.6 is 11.6 Å². The summed E-state index contributed by atoms with van der Waals surface area (Å²) in [6, 6.07) is 1.34. The fraction of sp³-hybridized carbons (Fsp3) is 0.696. The zero-order valence-electron chi connectivity index (χ0n) is 19.4. The molecule has 1 atom stereocenters. The van der Waals surface area contributed by atoms with Crippen molar-refractivity contribution in [2.45, 2.75) is 57.3 Å². The summed E-state index contributed by atoms with van der Waals surface area (Å²) in [4.78, 5) is 36.5. The van der Waals surface area contributed by atoms with E-state index in [4.69, 9.17) is 25.8 Å². The van der Waals surface area contributed by atoms with Gasteiger partial charge >= 0.3 is 6.09 Å². The highest BCUT2D eigenvalue weighted by Crippen LogP contribution is 2.41. The number of fused-ring (bicyclic) bond motifs is 2. The fourth-order valence-electron chi connectivity index (χ4n) is 5.01. The Balaban J connectivity index is 1.40. The maximum atomic E-state index is 13.8. The third kappa shape index (κ3) is 4.33. The van der Waals surface area contributed by atoms with Crippen molar-refractivity contribution in [3.05, 3.63) is 16.8 Å². The summed E-state index contributed by atoms with van der Waals surface area (Å²) in [5.41, 5.74) is -0.275. The largest absolute Gasteiger partial charge is 0.490 e. The molecule has 4 heterocycles. The third-order valence-corrected chi connectivity index (χ3v) is 6.98. The van der Waals surface area contributed by atoms with Crippen molar-refractivity contribution in [2.75, 3.05) is 50.8 Å². The molecule has 1 aromatic heterocycles. The van der Waals surface area contributed by atoms with Crippen LogP contribution in [-0.2, 0) is 9.47 Å². The Bertz CT molecular complexity index is 961. The molecule has 4 aliphatic rings. The number of hydrogen-bond donors (Lipinski definition) is 0. The molecule has 0 bridgehead atoms. The Kier molecular flexibility index (Phi) is 5.60. The standard InChI is InChI=1S/C23H31ClN4O5/c1-22(2,3)33-21(30)26-7-8-28-15(12-26)13-31-16-11-17(24)25-19(18(16)20(28)29)27-9-10-32-23(14-27)5-4-6-23/h11,15H,4-10,12-14H2,1-3H3/t15-/m1/s1. The lowest BCUT2D eigenvalue weighted by molar-refractivity contribution is -0.106. The predicted octanol–water partition coefficient (Wildman–Crippen LogP) is 2.95. The first-order valence-electron chi connectivity index (χ1n) is 11.7. The van der Waals surface area contributed by atoms with Crippen LogP contribution in [0.5, 0.6) is 5.75 Å². The molecule has 2 amide bonds. The van der Waals surface area contributed by atoms with Gasteiger partial charge in [-0.3, -0.25) is 4.79 Å². The van der Waals surface area contributed by atoms with Crippen LogP contribution < -0.4 is 9.64 Å². The molecule has 33 heavy (non-hydrogen) atoms. The van der Waals surface area contributed by atoms with Gasteiger partial charge in [0.05, 0.1) is 18.2 Å². The molecule has 3 aliphatic heterocycles. The van der Waals surface area contributed by atoms with Gasteiger partial charge in [0.1, 0.15) is 34.5 Å². The van der Waals surface area contributed by atoms with Crippen molar-refractivity contribution in [3.63, 3.8) is 0 Å². The van der Waals surface area contributed by atoms with E-state index < -0.39 is 5.60 Å². The van der Waals surface area contributed by atoms with Crippen molar-refractivity contribution in [2.24, 2.45) is 0 Å². The van der Waals surface area contributed by atoms with Crippen LogP contribution in [0.3, 0.4) is 0 Å². The van der Waals surface area contributed by atoms with Crippen LogP contribution in [0.4, 0.5) is 10.6 Å². The van der Waals surface area contributed by atoms with Gasteiger partial charge in [0.2, 0.25) is 0 Å². The second-order valence-corrected chi connectivity index (χ2v) is 10.7. The zero-order valence-corrected chi connectivity index (χ0v) is 20.2. The van der Waals surface area contributed by atoms with Crippen LogP contribution in [0.2, 0.25) is 5.15 Å². The van der Waals surface area contributed by atoms with E-state index in [2.05, 4.69) is 9.88 Å². The number of rotatable bonds is 1. The first kappa shape index (κ1) is 22.5. The highest BCUT2D eigenvalue weighted by molar-refractivity contribution is 6.30. The summed E-state index contributed by atoms with van der Waals surface area (Å²) in [6.07, 6.45) is 2.82. The summed E-state index contributed by atoms with van der Waals surface area (Å²) in [7, 11) is 0. The Morgan fingerprint density at radius 2 is 2.06 bits per heavy atom. The molecule has 1 aromatic rings. The summed E-state index contributed by atoms with van der Waals surface area (Å²) >= 11 is 6.36. The van der Waals surface area contributed by atoms with E-state index in [1.54, 1.807) is 15.9 Å². The summed E-state index contributed by atoms with van der Waals surface area (Å²) in [6.45, 7) is 8.88. The molecule has 10 heteroatoms. The number of pyridine rings is 1. The van der Waals surface area contributed by atoms with E-state index in [0.29, 0.717) is 61.6 Å². The first-order valence-corrected chi connectivity index (χ1v) is 12.0. The molecule has 0 unspecified atom stereocenters. The van der Waals surface area contributed by atoms with Gasteiger partial charge in [0.15, 0.2) is 0 Å². The number of piperazine rings is 1. The van der Waals surface area contributed by atoms with Gasteiger partial charge in [-0.1, -0.05) is 11.6 Å². The number of ether oxygens (including phenoxy) is 3. The number of halogens is 1. The van der Waals surface area contributed by atoms with E-state index >= 15 is 0 Å². The van der Waals surface area contributed by atoms with Crippen molar-refractivity contribution in [3.8, 4) is 5.75 Å². The molecule has 180 valence electrons. The second-order valence-electron chi connectivity index (χ2n) is 10.3. The monoisotopic (exact) mass is 478 g/mol. The molecule has 2 saturated heterocycles. The molecule has 1 spiro atoms. The lowest BCUT2D eigenvalue weighted by Gasteiger charge is -2.49. The first-order chi connectivity index (χ1) is 15.6. The van der Waals surface area contributed by atoms with E-state index in [9.17, 15) is 9.59 Å². The minimum absolute atomic E-state index is 0.135. The Hall–Kier alpha value is -2.26. The average molecular weight is 479 g/mol. The smallest absolute Gasteiger partial charge is 0.410 e. The van der Waals surface area contributed by atoms with E-state index in [-0.39, 0.29) is 30.3 Å². The second kappa shape index (κ2) is 8.20. The normalized spacial score (nSPS) is 24.4. The summed E-state index contributed by atoms with van der Waals surface area (Å²) in [5.74, 6) is 0.874. The summed E-state index contributed by atoms with van der Waals surface area (Å²) < 4.78 is 17.7. The van der Waals surface area contributed by atoms with E-state index in [0.717, 1.165) is 19.3 Å². The maximum Gasteiger partial charge on any atom is 0.410 e. The number of carbonyl (C=O) groups excluding carboxylic acids is 2. The summed E-state index contributed by atoms with van der Waals surface area (Å²) in [5, 5.41) is 0.293. The lowest BCUT2D eigenvalue weighted by atomic mass is 9.79. The molecule has 5 rings (SSSR count). The minimum atomic E-state index is -0.576. The van der Waals surface area contributed by atoms with Gasteiger partial charge in [-0.2, -0.15) is 0 Å². The third-order valence-electron chi connectivity index (χ3n) is 6.79. The van der Waals surface area contributed by atoms with E-state index in [1.807, 2.05) is 20.8 Å². The number of morpholine rings is 1. The molecule has 0 N–H and O–H groups in total. The van der Waals surface area contributed by atoms with Gasteiger partial charge in [0, 0.05) is 38.8 Å². The highest BCUT2D eigenvalue weighted by Gasteiger charge is 2.45. The van der Waals surface area contributed by atoms with Gasteiger partial charge in [0.25, 0.3) is 5.91 Å². The topological polar surface area (TPSA) is 84.4 Å². The van der Waals surface area contributed by atoms with Gasteiger partial charge in [-0.25, -0.2) is 9.78 Å². The fourth-order valence-corrected chi connectivity index (χ4v) is 5.19. The lowest BCUT2D eigenvalue weighted by Crippen LogP contribution is -2.58. The number of carbonyl (C=O) groups is 2. The van der Waals surface area contributed by atoms with Gasteiger partial charge in [-0.05, 0) is 40.0 Å².